The van der Waals surface area contributed by atoms with E-state index >= 15 is 0 Å². The number of ether oxygens (including phenoxy) is 1. The van der Waals surface area contributed by atoms with E-state index in [-0.39, 0.29) is 5.91 Å². The summed E-state index contributed by atoms with van der Waals surface area (Å²) in [4.78, 5) is 12.8. The van der Waals surface area contributed by atoms with Crippen molar-refractivity contribution in [1.29, 1.82) is 0 Å². The number of rotatable bonds is 3. The molecular formula is C14H12BrNO2S. The lowest BCUT2D eigenvalue weighted by atomic mass is 10.2. The molecule has 0 aromatic heterocycles. The molecule has 0 aliphatic rings. The smallest absolute Gasteiger partial charge is 0.256 e. The Labute approximate surface area is 125 Å². The molecular weight excluding hydrogens is 326 g/mol. The van der Waals surface area contributed by atoms with Crippen molar-refractivity contribution >= 4 is 40.2 Å². The maximum absolute atomic E-state index is 12.2. The second kappa shape index (κ2) is 6.12. The molecule has 1 amide bonds. The highest BCUT2D eigenvalue weighted by atomic mass is 79.9. The van der Waals surface area contributed by atoms with Crippen molar-refractivity contribution < 1.29 is 9.53 Å². The van der Waals surface area contributed by atoms with E-state index in [2.05, 4.69) is 33.9 Å². The van der Waals surface area contributed by atoms with Crippen molar-refractivity contribution in [1.82, 2.24) is 0 Å². The Morgan fingerprint density at radius 3 is 2.68 bits per heavy atom. The molecule has 0 heterocycles. The van der Waals surface area contributed by atoms with Gasteiger partial charge in [0.2, 0.25) is 0 Å². The summed E-state index contributed by atoms with van der Waals surface area (Å²) < 4.78 is 5.92. The van der Waals surface area contributed by atoms with E-state index in [1.54, 1.807) is 31.4 Å². The number of amides is 1. The molecule has 3 nitrogen and oxygen atoms in total. The molecule has 1 N–H and O–H groups in total. The van der Waals surface area contributed by atoms with Gasteiger partial charge in [0, 0.05) is 15.4 Å². The van der Waals surface area contributed by atoms with Crippen LogP contribution in [0.15, 0.2) is 51.8 Å². The number of halogens is 1. The number of anilines is 1. The minimum atomic E-state index is -0.209. The first-order valence-corrected chi connectivity index (χ1v) is 6.78. The number of nitrogens with one attached hydrogen (secondary N) is 1. The van der Waals surface area contributed by atoms with Crippen LogP contribution in [-0.4, -0.2) is 13.0 Å². The van der Waals surface area contributed by atoms with E-state index < -0.39 is 0 Å². The van der Waals surface area contributed by atoms with Gasteiger partial charge in [0.1, 0.15) is 5.75 Å². The first-order chi connectivity index (χ1) is 9.11. The fraction of sp³-hybridized carbons (Fsp3) is 0.0714. The molecule has 98 valence electrons. The van der Waals surface area contributed by atoms with E-state index in [9.17, 15) is 4.79 Å². The van der Waals surface area contributed by atoms with Gasteiger partial charge >= 0.3 is 0 Å². The molecule has 0 atom stereocenters. The summed E-state index contributed by atoms with van der Waals surface area (Å²) in [5.41, 5.74) is 1.18. The van der Waals surface area contributed by atoms with Gasteiger partial charge in [0.25, 0.3) is 5.91 Å². The number of methoxy groups -OCH3 is 1. The first-order valence-electron chi connectivity index (χ1n) is 5.54. The number of carbonyl (C=O) groups is 1. The maximum atomic E-state index is 12.2. The highest BCUT2D eigenvalue weighted by Gasteiger charge is 2.11. The van der Waals surface area contributed by atoms with Gasteiger partial charge in [-0.15, -0.1) is 12.6 Å². The molecule has 0 fully saturated rings. The highest BCUT2D eigenvalue weighted by molar-refractivity contribution is 9.10. The van der Waals surface area contributed by atoms with Crippen LogP contribution in [0, 0.1) is 0 Å². The zero-order valence-electron chi connectivity index (χ0n) is 10.2. The predicted octanol–water partition coefficient (Wildman–Crippen LogP) is 4.00. The van der Waals surface area contributed by atoms with Gasteiger partial charge in [-0.2, -0.15) is 0 Å². The minimum absolute atomic E-state index is 0.209. The molecule has 0 aliphatic carbocycles. The Morgan fingerprint density at radius 1 is 1.26 bits per heavy atom. The summed E-state index contributed by atoms with van der Waals surface area (Å²) in [6.07, 6.45) is 0. The Morgan fingerprint density at radius 2 is 2.00 bits per heavy atom. The second-order valence-electron chi connectivity index (χ2n) is 3.82. The van der Waals surface area contributed by atoms with Gasteiger partial charge < -0.3 is 10.1 Å². The topological polar surface area (TPSA) is 38.3 Å². The average molecular weight is 338 g/mol. The highest BCUT2D eigenvalue weighted by Crippen LogP contribution is 2.28. The van der Waals surface area contributed by atoms with Crippen LogP contribution in [0.25, 0.3) is 0 Å². The zero-order valence-corrected chi connectivity index (χ0v) is 12.7. The third-order valence-electron chi connectivity index (χ3n) is 2.57. The van der Waals surface area contributed by atoms with Crippen molar-refractivity contribution in [3.63, 3.8) is 0 Å². The summed E-state index contributed by atoms with van der Waals surface area (Å²) in [6, 6.07) is 12.5. The lowest BCUT2D eigenvalue weighted by molar-refractivity contribution is 0.102. The lowest BCUT2D eigenvalue weighted by Crippen LogP contribution is -2.13. The van der Waals surface area contributed by atoms with Crippen LogP contribution in [0.4, 0.5) is 5.69 Å². The molecule has 2 rings (SSSR count). The molecule has 0 saturated carbocycles. The number of hydrogen-bond acceptors (Lipinski definition) is 3. The Balaban J connectivity index is 2.26. The van der Waals surface area contributed by atoms with Gasteiger partial charge in [-0.3, -0.25) is 4.79 Å². The fourth-order valence-corrected chi connectivity index (χ4v) is 2.19. The Kier molecular flexibility index (Phi) is 4.50. The SMILES string of the molecule is COc1ccc(Br)c(NC(=O)c2ccccc2S)c1. The van der Waals surface area contributed by atoms with Crippen LogP contribution in [0.2, 0.25) is 0 Å². The van der Waals surface area contributed by atoms with Crippen LogP contribution in [-0.2, 0) is 0 Å². The van der Waals surface area contributed by atoms with Crippen molar-refractivity contribution in [3.05, 3.63) is 52.5 Å². The zero-order chi connectivity index (χ0) is 13.8. The molecule has 0 unspecified atom stereocenters. The van der Waals surface area contributed by atoms with Crippen LogP contribution in [0.5, 0.6) is 5.75 Å². The average Bonchev–Trinajstić information content (AvgIpc) is 2.41. The fourth-order valence-electron chi connectivity index (χ4n) is 1.58. The predicted molar refractivity (Wildman–Crippen MR) is 82.3 cm³/mol. The van der Waals surface area contributed by atoms with E-state index in [0.29, 0.717) is 21.9 Å². The van der Waals surface area contributed by atoms with Gasteiger partial charge in [-0.25, -0.2) is 0 Å². The van der Waals surface area contributed by atoms with E-state index in [4.69, 9.17) is 4.74 Å². The maximum Gasteiger partial charge on any atom is 0.256 e. The molecule has 0 aliphatic heterocycles. The van der Waals surface area contributed by atoms with Crippen molar-refractivity contribution in [2.75, 3.05) is 12.4 Å². The molecule has 2 aromatic carbocycles. The van der Waals surface area contributed by atoms with Gasteiger partial charge in [0.15, 0.2) is 0 Å². The standard InChI is InChI=1S/C14H12BrNO2S/c1-18-9-6-7-11(15)12(8-9)16-14(17)10-4-2-3-5-13(10)19/h2-8,19H,1H3,(H,16,17). The monoisotopic (exact) mass is 337 g/mol. The first kappa shape index (κ1) is 14.0. The third kappa shape index (κ3) is 3.30. The molecule has 0 saturated heterocycles. The van der Waals surface area contributed by atoms with Crippen molar-refractivity contribution in [2.45, 2.75) is 4.90 Å². The molecule has 5 heteroatoms. The van der Waals surface area contributed by atoms with Crippen molar-refractivity contribution in [2.24, 2.45) is 0 Å². The van der Waals surface area contributed by atoms with Crippen LogP contribution in [0.1, 0.15) is 10.4 Å². The summed E-state index contributed by atoms with van der Waals surface area (Å²) in [7, 11) is 1.58. The second-order valence-corrected chi connectivity index (χ2v) is 5.15. The molecule has 19 heavy (non-hydrogen) atoms. The lowest BCUT2D eigenvalue weighted by Gasteiger charge is -2.10. The summed E-state index contributed by atoms with van der Waals surface area (Å²) >= 11 is 7.66. The Bertz CT molecular complexity index is 616. The van der Waals surface area contributed by atoms with E-state index in [1.807, 2.05) is 18.2 Å². The van der Waals surface area contributed by atoms with Crippen LogP contribution >= 0.6 is 28.6 Å². The molecule has 0 radical (unpaired) electrons. The van der Waals surface area contributed by atoms with E-state index in [1.165, 1.54) is 0 Å². The normalized spacial score (nSPS) is 10.1. The Hall–Kier alpha value is -1.46. The van der Waals surface area contributed by atoms with Crippen molar-refractivity contribution in [3.8, 4) is 5.75 Å². The van der Waals surface area contributed by atoms with Gasteiger partial charge in [-0.05, 0) is 40.2 Å². The molecule has 2 aromatic rings. The summed E-state index contributed by atoms with van der Waals surface area (Å²) in [5.74, 6) is 0.470. The number of benzene rings is 2. The number of carbonyl (C=O) groups excluding carboxylic acids is 1. The number of hydrogen-bond donors (Lipinski definition) is 2. The van der Waals surface area contributed by atoms with Crippen LogP contribution < -0.4 is 10.1 Å². The summed E-state index contributed by atoms with van der Waals surface area (Å²) in [6.45, 7) is 0. The largest absolute Gasteiger partial charge is 0.497 e. The molecule has 0 spiro atoms. The number of thiol groups is 1. The van der Waals surface area contributed by atoms with Crippen LogP contribution in [0.3, 0.4) is 0 Å². The van der Waals surface area contributed by atoms with Gasteiger partial charge in [0.05, 0.1) is 18.4 Å². The van der Waals surface area contributed by atoms with E-state index in [0.717, 1.165) is 4.47 Å². The molecule has 0 bridgehead atoms. The quantitative estimate of drug-likeness (QED) is 0.831. The third-order valence-corrected chi connectivity index (χ3v) is 3.65. The van der Waals surface area contributed by atoms with Gasteiger partial charge in [-0.1, -0.05) is 12.1 Å². The summed E-state index contributed by atoms with van der Waals surface area (Å²) in [5, 5.41) is 2.83. The minimum Gasteiger partial charge on any atom is -0.497 e.